The van der Waals surface area contributed by atoms with Gasteiger partial charge in [-0.25, -0.2) is 4.68 Å². The van der Waals surface area contributed by atoms with Crippen LogP contribution in [0.5, 0.6) is 0 Å². The lowest BCUT2D eigenvalue weighted by atomic mass is 10.1. The van der Waals surface area contributed by atoms with Crippen LogP contribution in [0.15, 0.2) is 91.1 Å². The molecule has 0 saturated heterocycles. The van der Waals surface area contributed by atoms with E-state index in [4.69, 9.17) is 11.6 Å². The summed E-state index contributed by atoms with van der Waals surface area (Å²) in [7, 11) is 0. The largest absolute Gasteiger partial charge is 0.289 e. The number of carbonyl (C=O) groups excluding carboxylic acids is 1. The molecule has 152 valence electrons. The summed E-state index contributed by atoms with van der Waals surface area (Å²) in [5.74, 6) is -0.168. The van der Waals surface area contributed by atoms with Gasteiger partial charge in [-0.2, -0.15) is 5.10 Å². The van der Waals surface area contributed by atoms with Crippen molar-refractivity contribution in [2.24, 2.45) is 0 Å². The van der Waals surface area contributed by atoms with Crippen LogP contribution in [0.1, 0.15) is 15.9 Å². The lowest BCUT2D eigenvalue weighted by Gasteiger charge is -2.00. The number of carbonyl (C=O) groups is 1. The van der Waals surface area contributed by atoms with Crippen molar-refractivity contribution in [3.05, 3.63) is 117 Å². The quantitative estimate of drug-likeness (QED) is 0.163. The molecule has 4 rings (SSSR count). The molecule has 0 spiro atoms. The molecule has 7 heteroatoms. The second kappa shape index (κ2) is 8.77. The predicted molar refractivity (Wildman–Crippen MR) is 120 cm³/mol. The minimum Gasteiger partial charge on any atom is -0.289 e. The van der Waals surface area contributed by atoms with Crippen LogP contribution in [0.4, 0.5) is 5.69 Å². The maximum absolute atomic E-state index is 12.5. The highest BCUT2D eigenvalue weighted by Crippen LogP contribution is 2.27. The van der Waals surface area contributed by atoms with Gasteiger partial charge in [-0.05, 0) is 60.7 Å². The van der Waals surface area contributed by atoms with Crippen molar-refractivity contribution < 1.29 is 9.72 Å². The molecule has 0 amide bonds. The summed E-state index contributed by atoms with van der Waals surface area (Å²) in [6.45, 7) is 0. The van der Waals surface area contributed by atoms with Gasteiger partial charge in [-0.15, -0.1) is 0 Å². The number of halogens is 1. The van der Waals surface area contributed by atoms with Crippen LogP contribution in [0.25, 0.3) is 23.0 Å². The molecule has 0 fully saturated rings. The van der Waals surface area contributed by atoms with Crippen molar-refractivity contribution in [3.8, 4) is 16.9 Å². The Balaban J connectivity index is 1.72. The van der Waals surface area contributed by atoms with Crippen molar-refractivity contribution in [3.63, 3.8) is 0 Å². The smallest absolute Gasteiger partial charge is 0.269 e. The van der Waals surface area contributed by atoms with Gasteiger partial charge in [0.25, 0.3) is 5.69 Å². The van der Waals surface area contributed by atoms with Gasteiger partial charge in [0, 0.05) is 40.0 Å². The SMILES string of the molecule is O=C(/C=C/c1cn(-c2ccccc2)nc1-c1ccc([N+](=O)[O-])cc1)c1ccc(Cl)cc1. The normalized spacial score (nSPS) is 11.0. The summed E-state index contributed by atoms with van der Waals surface area (Å²) in [6, 6.07) is 22.4. The number of allylic oxidation sites excluding steroid dienone is 1. The first kappa shape index (κ1) is 20.3. The summed E-state index contributed by atoms with van der Waals surface area (Å²) in [5.41, 5.74) is 3.40. The molecule has 0 aliphatic heterocycles. The Hall–Kier alpha value is -4.03. The Labute approximate surface area is 183 Å². The number of rotatable bonds is 6. The minimum absolute atomic E-state index is 0.00116. The van der Waals surface area contributed by atoms with Crippen LogP contribution < -0.4 is 0 Å². The zero-order valence-electron chi connectivity index (χ0n) is 16.2. The highest BCUT2D eigenvalue weighted by Gasteiger charge is 2.13. The van der Waals surface area contributed by atoms with Crippen LogP contribution in [0.2, 0.25) is 5.02 Å². The molecule has 31 heavy (non-hydrogen) atoms. The number of aromatic nitrogens is 2. The number of nitro groups is 1. The number of hydrogen-bond acceptors (Lipinski definition) is 4. The maximum Gasteiger partial charge on any atom is 0.269 e. The van der Waals surface area contributed by atoms with Gasteiger partial charge in [0.05, 0.1) is 16.3 Å². The Kier molecular flexibility index (Phi) is 5.73. The minimum atomic E-state index is -0.446. The lowest BCUT2D eigenvalue weighted by molar-refractivity contribution is -0.384. The highest BCUT2D eigenvalue weighted by molar-refractivity contribution is 6.30. The van der Waals surface area contributed by atoms with E-state index in [0.29, 0.717) is 27.4 Å². The predicted octanol–water partition coefficient (Wildman–Crippen LogP) is 6.00. The molecule has 1 heterocycles. The molecule has 0 aliphatic rings. The number of nitrogens with zero attached hydrogens (tertiary/aromatic N) is 3. The summed E-state index contributed by atoms with van der Waals surface area (Å²) in [4.78, 5) is 23.1. The first-order valence-electron chi connectivity index (χ1n) is 9.39. The molecule has 6 nitrogen and oxygen atoms in total. The fourth-order valence-corrected chi connectivity index (χ4v) is 3.19. The molecule has 0 saturated carbocycles. The molecule has 0 atom stereocenters. The number of para-hydroxylation sites is 1. The lowest BCUT2D eigenvalue weighted by Crippen LogP contribution is -1.94. The fourth-order valence-electron chi connectivity index (χ4n) is 3.06. The van der Waals surface area contributed by atoms with Gasteiger partial charge in [0.2, 0.25) is 0 Å². The third-order valence-corrected chi connectivity index (χ3v) is 4.91. The zero-order valence-corrected chi connectivity index (χ0v) is 16.9. The molecule has 0 N–H and O–H groups in total. The van der Waals surface area contributed by atoms with E-state index in [-0.39, 0.29) is 11.5 Å². The molecule has 0 unspecified atom stereocenters. The molecule has 3 aromatic carbocycles. The second-order valence-electron chi connectivity index (χ2n) is 6.72. The maximum atomic E-state index is 12.5. The second-order valence-corrected chi connectivity index (χ2v) is 7.16. The van der Waals surface area contributed by atoms with Gasteiger partial charge < -0.3 is 0 Å². The Morgan fingerprint density at radius 2 is 1.65 bits per heavy atom. The molecule has 0 bridgehead atoms. The molecular formula is C24H16ClN3O3. The van der Waals surface area contributed by atoms with E-state index < -0.39 is 4.92 Å². The van der Waals surface area contributed by atoms with Gasteiger partial charge in [-0.3, -0.25) is 14.9 Å². The van der Waals surface area contributed by atoms with Gasteiger partial charge in [-0.1, -0.05) is 29.8 Å². The Morgan fingerprint density at radius 3 is 2.29 bits per heavy atom. The van der Waals surface area contributed by atoms with E-state index in [1.165, 1.54) is 18.2 Å². The van der Waals surface area contributed by atoms with Crippen LogP contribution >= 0.6 is 11.6 Å². The van der Waals surface area contributed by atoms with Gasteiger partial charge in [0.15, 0.2) is 5.78 Å². The van der Waals surface area contributed by atoms with Crippen molar-refractivity contribution in [2.75, 3.05) is 0 Å². The summed E-state index contributed by atoms with van der Waals surface area (Å²) in [6.07, 6.45) is 4.99. The zero-order chi connectivity index (χ0) is 21.8. The van der Waals surface area contributed by atoms with Crippen LogP contribution in [0, 0.1) is 10.1 Å². The van der Waals surface area contributed by atoms with Gasteiger partial charge >= 0.3 is 0 Å². The molecular weight excluding hydrogens is 414 g/mol. The topological polar surface area (TPSA) is 78.0 Å². The first-order chi connectivity index (χ1) is 15.0. The van der Waals surface area contributed by atoms with E-state index in [0.717, 1.165) is 5.69 Å². The highest BCUT2D eigenvalue weighted by atomic mass is 35.5. The average Bonchev–Trinajstić information content (AvgIpc) is 3.23. The van der Waals surface area contributed by atoms with E-state index in [1.54, 1.807) is 47.2 Å². The third-order valence-electron chi connectivity index (χ3n) is 4.66. The van der Waals surface area contributed by atoms with E-state index in [9.17, 15) is 14.9 Å². The molecule has 0 radical (unpaired) electrons. The van der Waals surface area contributed by atoms with Crippen LogP contribution in [-0.4, -0.2) is 20.5 Å². The van der Waals surface area contributed by atoms with E-state index in [2.05, 4.69) is 5.10 Å². The van der Waals surface area contributed by atoms with Crippen molar-refractivity contribution in [2.45, 2.75) is 0 Å². The monoisotopic (exact) mass is 429 g/mol. The number of ketones is 1. The van der Waals surface area contributed by atoms with Crippen LogP contribution in [-0.2, 0) is 0 Å². The Morgan fingerprint density at radius 1 is 0.968 bits per heavy atom. The van der Waals surface area contributed by atoms with Crippen LogP contribution in [0.3, 0.4) is 0 Å². The average molecular weight is 430 g/mol. The van der Waals surface area contributed by atoms with E-state index in [1.807, 2.05) is 36.5 Å². The molecule has 1 aromatic heterocycles. The number of nitro benzene ring substituents is 1. The van der Waals surface area contributed by atoms with Crippen molar-refractivity contribution >= 4 is 29.1 Å². The molecule has 4 aromatic rings. The van der Waals surface area contributed by atoms with Gasteiger partial charge in [0.1, 0.15) is 0 Å². The Bertz CT molecular complexity index is 1260. The summed E-state index contributed by atoms with van der Waals surface area (Å²) in [5, 5.41) is 16.2. The van der Waals surface area contributed by atoms with Crippen molar-refractivity contribution in [1.29, 1.82) is 0 Å². The molecule has 0 aliphatic carbocycles. The summed E-state index contributed by atoms with van der Waals surface area (Å²) < 4.78 is 1.71. The van der Waals surface area contributed by atoms with Crippen molar-refractivity contribution in [1.82, 2.24) is 9.78 Å². The standard InChI is InChI=1S/C24H16ClN3O3/c25-20-11-6-17(7-12-20)23(29)15-10-19-16-27(21-4-2-1-3-5-21)26-24(19)18-8-13-22(14-9-18)28(30)31/h1-16H/b15-10+. The first-order valence-corrected chi connectivity index (χ1v) is 9.77. The van der Waals surface area contributed by atoms with E-state index >= 15 is 0 Å². The number of non-ortho nitro benzene ring substituents is 1. The number of hydrogen-bond donors (Lipinski definition) is 0. The fraction of sp³-hybridized carbons (Fsp3) is 0. The number of benzene rings is 3. The third kappa shape index (κ3) is 4.60. The summed E-state index contributed by atoms with van der Waals surface area (Å²) >= 11 is 5.89.